The van der Waals surface area contributed by atoms with Gasteiger partial charge in [-0.25, -0.2) is 9.97 Å². The summed E-state index contributed by atoms with van der Waals surface area (Å²) in [7, 11) is 0. The van der Waals surface area contributed by atoms with E-state index in [4.69, 9.17) is 10.3 Å². The van der Waals surface area contributed by atoms with Crippen LogP contribution < -0.4 is 10.6 Å². The first kappa shape index (κ1) is 9.53. The van der Waals surface area contributed by atoms with Crippen LogP contribution in [-0.4, -0.2) is 34.8 Å². The molecule has 6 nitrogen and oxygen atoms in total. The molecule has 0 bridgehead atoms. The summed E-state index contributed by atoms with van der Waals surface area (Å²) in [4.78, 5) is 10.8. The summed E-state index contributed by atoms with van der Waals surface area (Å²) in [6.07, 6.45) is 4.39. The van der Waals surface area contributed by atoms with Gasteiger partial charge in [0.2, 0.25) is 11.5 Å². The van der Waals surface area contributed by atoms with Crippen molar-refractivity contribution in [2.24, 2.45) is 11.7 Å². The molecule has 1 fully saturated rings. The lowest BCUT2D eigenvalue weighted by atomic mass is 10.1. The molecule has 2 aromatic rings. The number of nitrogens with two attached hydrogens (primary N) is 1. The molecule has 16 heavy (non-hydrogen) atoms. The highest BCUT2D eigenvalue weighted by molar-refractivity contribution is 5.71. The maximum absolute atomic E-state index is 5.66. The number of fused-ring (bicyclic) bond motifs is 1. The number of hydrogen-bond donors (Lipinski definition) is 1. The highest BCUT2D eigenvalue weighted by Gasteiger charge is 2.23. The molecule has 1 atom stereocenters. The molecule has 1 aliphatic heterocycles. The molecule has 0 spiro atoms. The fourth-order valence-corrected chi connectivity index (χ4v) is 2.03. The quantitative estimate of drug-likeness (QED) is 0.787. The van der Waals surface area contributed by atoms with Crippen LogP contribution in [0.25, 0.3) is 11.1 Å². The van der Waals surface area contributed by atoms with Crippen LogP contribution in [0.1, 0.15) is 6.42 Å². The summed E-state index contributed by atoms with van der Waals surface area (Å²) in [5.74, 6) is 1.30. The van der Waals surface area contributed by atoms with E-state index in [1.54, 1.807) is 12.4 Å². The Hall–Kier alpha value is -1.69. The maximum atomic E-state index is 5.66. The van der Waals surface area contributed by atoms with Crippen molar-refractivity contribution in [1.82, 2.24) is 15.1 Å². The van der Waals surface area contributed by atoms with Crippen molar-refractivity contribution in [3.8, 4) is 0 Å². The lowest BCUT2D eigenvalue weighted by Gasteiger charge is -2.15. The molecule has 0 aliphatic carbocycles. The van der Waals surface area contributed by atoms with Crippen molar-refractivity contribution in [2.45, 2.75) is 6.42 Å². The highest BCUT2D eigenvalue weighted by atomic mass is 16.5. The fourth-order valence-electron chi connectivity index (χ4n) is 2.03. The van der Waals surface area contributed by atoms with Crippen LogP contribution in [0.15, 0.2) is 16.9 Å². The summed E-state index contributed by atoms with van der Waals surface area (Å²) < 4.78 is 4.96. The molecule has 0 radical (unpaired) electrons. The molecule has 1 aliphatic rings. The van der Waals surface area contributed by atoms with Crippen molar-refractivity contribution < 1.29 is 4.52 Å². The van der Waals surface area contributed by atoms with Crippen LogP contribution in [0, 0.1) is 5.92 Å². The smallest absolute Gasteiger partial charge is 0.226 e. The second-order valence-electron chi connectivity index (χ2n) is 4.08. The van der Waals surface area contributed by atoms with Crippen molar-refractivity contribution in [1.29, 1.82) is 0 Å². The molecule has 6 heteroatoms. The minimum atomic E-state index is 0.557. The summed E-state index contributed by atoms with van der Waals surface area (Å²) in [6.45, 7) is 2.64. The van der Waals surface area contributed by atoms with Gasteiger partial charge in [0, 0.05) is 13.1 Å². The predicted molar refractivity (Wildman–Crippen MR) is 59.0 cm³/mol. The Morgan fingerprint density at radius 3 is 3.25 bits per heavy atom. The van der Waals surface area contributed by atoms with Crippen LogP contribution in [0.5, 0.6) is 0 Å². The van der Waals surface area contributed by atoms with E-state index < -0.39 is 0 Å². The number of anilines is 1. The van der Waals surface area contributed by atoms with E-state index in [2.05, 4.69) is 20.0 Å². The number of hydrogen-bond acceptors (Lipinski definition) is 6. The van der Waals surface area contributed by atoms with Gasteiger partial charge in [-0.2, -0.15) is 0 Å². The standard InChI is InChI=1S/C10H13N5O/c11-3-7-1-2-15(6-7)10-12-5-9-8(14-10)4-13-16-9/h4-5,7H,1-3,6,11H2. The van der Waals surface area contributed by atoms with E-state index in [-0.39, 0.29) is 0 Å². The summed E-state index contributed by atoms with van der Waals surface area (Å²) in [5, 5.41) is 3.68. The van der Waals surface area contributed by atoms with Crippen molar-refractivity contribution in [2.75, 3.05) is 24.5 Å². The molecule has 3 heterocycles. The van der Waals surface area contributed by atoms with E-state index in [9.17, 15) is 0 Å². The number of aromatic nitrogens is 3. The van der Waals surface area contributed by atoms with Gasteiger partial charge in [0.05, 0.1) is 12.4 Å². The SMILES string of the molecule is NCC1CCN(c2ncc3oncc3n2)C1. The zero-order valence-electron chi connectivity index (χ0n) is 8.83. The highest BCUT2D eigenvalue weighted by Crippen LogP contribution is 2.21. The molecule has 1 saturated heterocycles. The Morgan fingerprint density at radius 1 is 1.50 bits per heavy atom. The van der Waals surface area contributed by atoms with Crippen LogP contribution in [0.3, 0.4) is 0 Å². The first-order valence-electron chi connectivity index (χ1n) is 5.39. The van der Waals surface area contributed by atoms with Gasteiger partial charge in [0.25, 0.3) is 0 Å². The third-order valence-electron chi connectivity index (χ3n) is 3.00. The second-order valence-corrected chi connectivity index (χ2v) is 4.08. The number of nitrogens with zero attached hydrogens (tertiary/aromatic N) is 4. The second kappa shape index (κ2) is 3.71. The molecular formula is C10H13N5O. The van der Waals surface area contributed by atoms with Crippen molar-refractivity contribution in [3.05, 3.63) is 12.4 Å². The molecule has 84 valence electrons. The summed E-state index contributed by atoms with van der Waals surface area (Å²) in [5.41, 5.74) is 7.03. The average Bonchev–Trinajstić information content (AvgIpc) is 2.96. The molecule has 1 unspecified atom stereocenters. The van der Waals surface area contributed by atoms with Crippen molar-refractivity contribution >= 4 is 17.0 Å². The Kier molecular flexibility index (Phi) is 2.21. The van der Waals surface area contributed by atoms with Crippen LogP contribution >= 0.6 is 0 Å². The fraction of sp³-hybridized carbons (Fsp3) is 0.500. The molecule has 2 N–H and O–H groups in total. The van der Waals surface area contributed by atoms with Gasteiger partial charge in [0.1, 0.15) is 5.52 Å². The van der Waals surface area contributed by atoms with Gasteiger partial charge in [-0.1, -0.05) is 5.16 Å². The van der Waals surface area contributed by atoms with Crippen molar-refractivity contribution in [3.63, 3.8) is 0 Å². The van der Waals surface area contributed by atoms with Gasteiger partial charge in [-0.05, 0) is 18.9 Å². The normalized spacial score (nSPS) is 20.8. The minimum Gasteiger partial charge on any atom is -0.353 e. The third kappa shape index (κ3) is 1.51. The lowest BCUT2D eigenvalue weighted by molar-refractivity contribution is 0.455. The van der Waals surface area contributed by atoms with Gasteiger partial charge in [0.15, 0.2) is 0 Å². The zero-order valence-corrected chi connectivity index (χ0v) is 8.83. The maximum Gasteiger partial charge on any atom is 0.226 e. The van der Waals surface area contributed by atoms with Crippen LogP contribution in [0.4, 0.5) is 5.95 Å². The van der Waals surface area contributed by atoms with Gasteiger partial charge in [-0.3, -0.25) is 0 Å². The number of rotatable bonds is 2. The molecule has 2 aromatic heterocycles. The van der Waals surface area contributed by atoms with Gasteiger partial charge >= 0.3 is 0 Å². The van der Waals surface area contributed by atoms with E-state index in [0.29, 0.717) is 11.5 Å². The summed E-state index contributed by atoms with van der Waals surface area (Å²) in [6, 6.07) is 0. The molecule has 0 amide bonds. The lowest BCUT2D eigenvalue weighted by Crippen LogP contribution is -2.24. The Bertz CT molecular complexity index is 497. The minimum absolute atomic E-state index is 0.557. The Labute approximate surface area is 92.4 Å². The van der Waals surface area contributed by atoms with Gasteiger partial charge < -0.3 is 15.2 Å². The van der Waals surface area contributed by atoms with E-state index in [1.165, 1.54) is 0 Å². The molecular weight excluding hydrogens is 206 g/mol. The zero-order chi connectivity index (χ0) is 11.0. The van der Waals surface area contributed by atoms with Gasteiger partial charge in [-0.15, -0.1) is 0 Å². The topological polar surface area (TPSA) is 81.1 Å². The largest absolute Gasteiger partial charge is 0.353 e. The predicted octanol–water partition coefficient (Wildman–Crippen LogP) is 0.403. The van der Waals surface area contributed by atoms with E-state index >= 15 is 0 Å². The first-order valence-corrected chi connectivity index (χ1v) is 5.39. The monoisotopic (exact) mass is 219 g/mol. The van der Waals surface area contributed by atoms with Crippen LogP contribution in [-0.2, 0) is 0 Å². The van der Waals surface area contributed by atoms with Crippen LogP contribution in [0.2, 0.25) is 0 Å². The molecule has 3 rings (SSSR count). The summed E-state index contributed by atoms with van der Waals surface area (Å²) >= 11 is 0. The van der Waals surface area contributed by atoms with E-state index in [1.807, 2.05) is 0 Å². The van der Waals surface area contributed by atoms with E-state index in [0.717, 1.165) is 37.5 Å². The Morgan fingerprint density at radius 2 is 2.44 bits per heavy atom. The third-order valence-corrected chi connectivity index (χ3v) is 3.00. The molecule has 0 aromatic carbocycles. The first-order chi connectivity index (χ1) is 7.86. The average molecular weight is 219 g/mol. The molecule has 0 saturated carbocycles. The Balaban J connectivity index is 1.88.